The fourth-order valence-corrected chi connectivity index (χ4v) is 3.20. The third-order valence-corrected chi connectivity index (χ3v) is 5.01. The highest BCUT2D eigenvalue weighted by Gasteiger charge is 2.17. The predicted octanol–water partition coefficient (Wildman–Crippen LogP) is 7.80. The van der Waals surface area contributed by atoms with Crippen LogP contribution in [0.4, 0.5) is 11.4 Å². The maximum atomic E-state index is 11.3. The monoisotopic (exact) mass is 472 g/mol. The minimum Gasteiger partial charge on any atom is -0.463 e. The molecule has 0 radical (unpaired) electrons. The molecule has 0 unspecified atom stereocenters. The van der Waals surface area contributed by atoms with Gasteiger partial charge in [0.05, 0.1) is 22.0 Å². The Morgan fingerprint density at radius 2 is 1.41 bits per heavy atom. The van der Waals surface area contributed by atoms with Crippen molar-refractivity contribution in [1.29, 1.82) is 0 Å². The Balaban J connectivity index is 0.000000641. The number of nitrogens with zero attached hydrogens (tertiary/aromatic N) is 2. The highest BCUT2D eigenvalue weighted by Crippen LogP contribution is 2.28. The molecule has 0 spiro atoms. The van der Waals surface area contributed by atoms with Crippen molar-refractivity contribution in [3.63, 3.8) is 0 Å². The van der Waals surface area contributed by atoms with E-state index in [1.165, 1.54) is 64.2 Å². The molecule has 0 N–H and O–H groups in total. The summed E-state index contributed by atoms with van der Waals surface area (Å²) in [5.41, 5.74) is -0.813. The molecule has 0 atom stereocenters. The highest BCUT2D eigenvalue weighted by atomic mass is 35.5. The van der Waals surface area contributed by atoms with Crippen molar-refractivity contribution >= 4 is 28.9 Å². The van der Waals surface area contributed by atoms with Gasteiger partial charge >= 0.3 is 5.97 Å². The third kappa shape index (κ3) is 15.6. The second-order valence-electron chi connectivity index (χ2n) is 7.97. The van der Waals surface area contributed by atoms with E-state index in [1.807, 2.05) is 13.8 Å². The summed E-state index contributed by atoms with van der Waals surface area (Å²) in [7, 11) is 0. The molecule has 8 nitrogen and oxygen atoms in total. The number of nitro groups is 2. The van der Waals surface area contributed by atoms with Gasteiger partial charge < -0.3 is 4.74 Å². The second kappa shape index (κ2) is 18.4. The van der Waals surface area contributed by atoms with Crippen LogP contribution in [0.5, 0.6) is 0 Å². The molecule has 1 aromatic carbocycles. The Labute approximate surface area is 196 Å². The molecule has 0 heterocycles. The predicted molar refractivity (Wildman–Crippen MR) is 127 cm³/mol. The van der Waals surface area contributed by atoms with Gasteiger partial charge in [0, 0.05) is 12.5 Å². The van der Waals surface area contributed by atoms with Crippen molar-refractivity contribution in [1.82, 2.24) is 0 Å². The first kappa shape index (κ1) is 29.8. The second-order valence-corrected chi connectivity index (χ2v) is 8.38. The van der Waals surface area contributed by atoms with Crippen LogP contribution in [0.1, 0.15) is 97.8 Å². The normalized spacial score (nSPS) is 10.4. The van der Waals surface area contributed by atoms with Crippen molar-refractivity contribution < 1.29 is 19.4 Å². The van der Waals surface area contributed by atoms with Crippen LogP contribution in [0.2, 0.25) is 5.02 Å². The first-order chi connectivity index (χ1) is 15.2. The largest absolute Gasteiger partial charge is 0.463 e. The van der Waals surface area contributed by atoms with Gasteiger partial charge in [-0.3, -0.25) is 25.0 Å². The van der Waals surface area contributed by atoms with E-state index < -0.39 is 15.5 Å². The quantitative estimate of drug-likeness (QED) is 0.111. The number of unbranched alkanes of at least 4 members (excludes halogenated alkanes) is 10. The molecular weight excluding hydrogens is 436 g/mol. The molecule has 0 aliphatic rings. The molecule has 0 bridgehead atoms. The summed E-state index contributed by atoms with van der Waals surface area (Å²) >= 11 is 5.43. The number of carbonyl (C=O) groups excluding carboxylic acids is 1. The van der Waals surface area contributed by atoms with E-state index in [1.54, 1.807) is 0 Å². The third-order valence-electron chi connectivity index (χ3n) is 4.69. The summed E-state index contributed by atoms with van der Waals surface area (Å²) in [6, 6.07) is 3.05. The van der Waals surface area contributed by atoms with Crippen molar-refractivity contribution in [2.24, 2.45) is 0 Å². The molecule has 0 fully saturated rings. The molecule has 0 aliphatic heterocycles. The zero-order valence-corrected chi connectivity index (χ0v) is 20.3. The van der Waals surface area contributed by atoms with Gasteiger partial charge in [0.2, 0.25) is 0 Å². The number of benzene rings is 1. The fraction of sp³-hybridized carbons (Fsp3) is 0.696. The van der Waals surface area contributed by atoms with Crippen LogP contribution in [0.15, 0.2) is 18.2 Å². The lowest BCUT2D eigenvalue weighted by molar-refractivity contribution is -0.394. The summed E-state index contributed by atoms with van der Waals surface area (Å²) in [5.74, 6) is -0.0362. The van der Waals surface area contributed by atoms with Crippen LogP contribution >= 0.6 is 11.6 Å². The van der Waals surface area contributed by atoms with E-state index in [0.29, 0.717) is 6.42 Å². The SMILES string of the molecule is CCCCCCCCCCCCCC(=O)OC(C)C.O=[N+]([O-])c1ccc(Cl)c([N+](=O)[O-])c1. The molecule has 0 aromatic heterocycles. The van der Waals surface area contributed by atoms with Crippen LogP contribution < -0.4 is 0 Å². The van der Waals surface area contributed by atoms with Gasteiger partial charge in [-0.05, 0) is 26.3 Å². The number of rotatable bonds is 15. The van der Waals surface area contributed by atoms with E-state index in [-0.39, 0.29) is 22.8 Å². The summed E-state index contributed by atoms with van der Waals surface area (Å²) in [6.07, 6.45) is 15.1. The van der Waals surface area contributed by atoms with Gasteiger partial charge in [-0.1, -0.05) is 82.7 Å². The summed E-state index contributed by atoms with van der Waals surface area (Å²) in [6.45, 7) is 6.06. The Morgan fingerprint density at radius 1 is 0.906 bits per heavy atom. The topological polar surface area (TPSA) is 113 Å². The van der Waals surface area contributed by atoms with Crippen LogP contribution in [0.25, 0.3) is 0 Å². The van der Waals surface area contributed by atoms with Crippen molar-refractivity contribution in [3.05, 3.63) is 43.5 Å². The van der Waals surface area contributed by atoms with E-state index in [4.69, 9.17) is 16.3 Å². The lowest BCUT2D eigenvalue weighted by Gasteiger charge is -2.07. The van der Waals surface area contributed by atoms with E-state index in [0.717, 1.165) is 24.6 Å². The Hall–Kier alpha value is -2.22. The molecule has 32 heavy (non-hydrogen) atoms. The Kier molecular flexibility index (Phi) is 17.1. The van der Waals surface area contributed by atoms with E-state index in [2.05, 4.69) is 6.92 Å². The Morgan fingerprint density at radius 3 is 1.84 bits per heavy atom. The zero-order chi connectivity index (χ0) is 24.4. The van der Waals surface area contributed by atoms with Crippen LogP contribution in [-0.4, -0.2) is 21.9 Å². The first-order valence-electron chi connectivity index (χ1n) is 11.5. The van der Waals surface area contributed by atoms with Crippen LogP contribution in [0, 0.1) is 20.2 Å². The number of non-ortho nitro benzene ring substituents is 1. The van der Waals surface area contributed by atoms with Crippen molar-refractivity contribution in [2.75, 3.05) is 0 Å². The number of ether oxygens (including phenoxy) is 1. The molecule has 0 saturated carbocycles. The van der Waals surface area contributed by atoms with E-state index >= 15 is 0 Å². The first-order valence-corrected chi connectivity index (χ1v) is 11.8. The molecule has 1 rings (SSSR count). The standard InChI is InChI=1S/C17H34O2.C6H3ClN2O4/c1-4-5-6-7-8-9-10-11-12-13-14-15-17(18)19-16(2)3;7-5-2-1-4(8(10)11)3-6(5)9(12)13/h16H,4-15H2,1-3H3;1-3H. The summed E-state index contributed by atoms with van der Waals surface area (Å²) in [5, 5.41) is 20.4. The Bertz CT molecular complexity index is 697. The maximum Gasteiger partial charge on any atom is 0.306 e. The van der Waals surface area contributed by atoms with Gasteiger partial charge in [-0.25, -0.2) is 0 Å². The number of nitro benzene ring substituents is 2. The number of halogens is 1. The van der Waals surface area contributed by atoms with Crippen molar-refractivity contribution in [2.45, 2.75) is 104 Å². The molecule has 0 aliphatic carbocycles. The average Bonchev–Trinajstić information content (AvgIpc) is 2.72. The lowest BCUT2D eigenvalue weighted by Crippen LogP contribution is -2.10. The average molecular weight is 473 g/mol. The fourth-order valence-electron chi connectivity index (χ4n) is 3.01. The van der Waals surface area contributed by atoms with Gasteiger partial charge in [-0.2, -0.15) is 0 Å². The van der Waals surface area contributed by atoms with Gasteiger partial charge in [0.25, 0.3) is 11.4 Å². The van der Waals surface area contributed by atoms with E-state index in [9.17, 15) is 25.0 Å². The maximum absolute atomic E-state index is 11.3. The number of hydrogen-bond acceptors (Lipinski definition) is 6. The summed E-state index contributed by atoms with van der Waals surface area (Å²) in [4.78, 5) is 30.3. The molecule has 182 valence electrons. The van der Waals surface area contributed by atoms with Crippen LogP contribution in [0.3, 0.4) is 0 Å². The zero-order valence-electron chi connectivity index (χ0n) is 19.5. The molecule has 0 saturated heterocycles. The molecule has 0 amide bonds. The number of carbonyl (C=O) groups is 1. The smallest absolute Gasteiger partial charge is 0.306 e. The highest BCUT2D eigenvalue weighted by molar-refractivity contribution is 6.32. The van der Waals surface area contributed by atoms with Crippen molar-refractivity contribution in [3.8, 4) is 0 Å². The summed E-state index contributed by atoms with van der Waals surface area (Å²) < 4.78 is 5.10. The van der Waals surface area contributed by atoms with Gasteiger partial charge in [0.1, 0.15) is 5.02 Å². The number of hydrogen-bond donors (Lipinski definition) is 0. The molecule has 9 heteroatoms. The minimum atomic E-state index is -0.769. The molecular formula is C23H37ClN2O6. The van der Waals surface area contributed by atoms with Crippen LogP contribution in [-0.2, 0) is 9.53 Å². The number of esters is 1. The lowest BCUT2D eigenvalue weighted by atomic mass is 10.1. The molecule has 1 aromatic rings. The van der Waals surface area contributed by atoms with Gasteiger partial charge in [-0.15, -0.1) is 0 Å². The van der Waals surface area contributed by atoms with Gasteiger partial charge in [0.15, 0.2) is 0 Å². The minimum absolute atomic E-state index is 0.0280.